The Hall–Kier alpha value is -2.63. The van der Waals surface area contributed by atoms with E-state index in [0.717, 1.165) is 122 Å². The largest absolute Gasteiger partial charge is 0.462 e. The summed E-state index contributed by atoms with van der Waals surface area (Å²) in [5.74, 6) is -0.930. The first-order valence-corrected chi connectivity index (χ1v) is 21.6. The molecule has 1 atom stereocenters. The summed E-state index contributed by atoms with van der Waals surface area (Å²) in [5.41, 5.74) is 0. The summed E-state index contributed by atoms with van der Waals surface area (Å²) >= 11 is 0. The smallest absolute Gasteiger partial charge is 0.306 e. The molecule has 0 fully saturated rings. The normalized spacial score (nSPS) is 12.4. The summed E-state index contributed by atoms with van der Waals surface area (Å²) in [6.45, 7) is 6.41. The van der Waals surface area contributed by atoms with Gasteiger partial charge in [-0.3, -0.25) is 14.4 Å². The summed E-state index contributed by atoms with van der Waals surface area (Å²) < 4.78 is 16.6. The molecular weight excluding hydrogens is 648 g/mol. The van der Waals surface area contributed by atoms with Gasteiger partial charge in [0.1, 0.15) is 13.2 Å². The molecule has 0 saturated carbocycles. The minimum absolute atomic E-state index is 0.0876. The SMILES string of the molecule is CC/C=C\C/C=C\CCCCCCCC(=O)OCC(COC(=O)CCCCCC/C=C\CCCC)OC(=O)CCCCCCC/C=C\CCCCC. The van der Waals surface area contributed by atoms with Crippen LogP contribution in [0, 0.1) is 0 Å². The molecule has 0 radical (unpaired) electrons. The lowest BCUT2D eigenvalue weighted by atomic mass is 10.1. The highest BCUT2D eigenvalue weighted by atomic mass is 16.6. The van der Waals surface area contributed by atoms with E-state index in [1.165, 1.54) is 44.9 Å². The summed E-state index contributed by atoms with van der Waals surface area (Å²) in [5, 5.41) is 0. The van der Waals surface area contributed by atoms with Crippen LogP contribution in [0.5, 0.6) is 0 Å². The molecule has 0 aliphatic heterocycles. The van der Waals surface area contributed by atoms with Gasteiger partial charge in [0.05, 0.1) is 0 Å². The van der Waals surface area contributed by atoms with Crippen LogP contribution in [-0.4, -0.2) is 37.2 Å². The standard InChI is InChI=1S/C46H80O6/c1-4-7-10-13-16-19-22-24-27-30-33-36-39-45(48)51-42-43(41-50-44(47)38-35-32-29-26-21-18-15-12-9-6-3)52-46(49)40-37-34-31-28-25-23-20-17-14-11-8-5-2/h7,10,15-20,43H,4-6,8-9,11-14,21-42H2,1-3H3/b10-7-,18-15-,19-16-,20-17-. The Morgan fingerprint density at radius 1 is 0.404 bits per heavy atom. The molecule has 0 aromatic heterocycles. The van der Waals surface area contributed by atoms with Gasteiger partial charge in [-0.1, -0.05) is 146 Å². The van der Waals surface area contributed by atoms with Crippen LogP contribution < -0.4 is 0 Å². The molecule has 52 heavy (non-hydrogen) atoms. The predicted molar refractivity (Wildman–Crippen MR) is 219 cm³/mol. The molecule has 0 rings (SSSR count). The maximum Gasteiger partial charge on any atom is 0.306 e. The molecule has 0 saturated heterocycles. The third-order valence-electron chi connectivity index (χ3n) is 9.04. The maximum absolute atomic E-state index is 12.7. The van der Waals surface area contributed by atoms with Gasteiger partial charge in [-0.15, -0.1) is 0 Å². The van der Waals surface area contributed by atoms with Gasteiger partial charge >= 0.3 is 17.9 Å². The first-order chi connectivity index (χ1) is 25.5. The third-order valence-corrected chi connectivity index (χ3v) is 9.04. The Balaban J connectivity index is 4.42. The van der Waals surface area contributed by atoms with Crippen molar-refractivity contribution >= 4 is 17.9 Å². The van der Waals surface area contributed by atoms with Gasteiger partial charge in [0, 0.05) is 19.3 Å². The lowest BCUT2D eigenvalue weighted by Crippen LogP contribution is -2.30. The van der Waals surface area contributed by atoms with Crippen LogP contribution in [0.3, 0.4) is 0 Å². The van der Waals surface area contributed by atoms with Crippen molar-refractivity contribution in [3.05, 3.63) is 48.6 Å². The molecule has 0 aliphatic rings. The highest BCUT2D eigenvalue weighted by Crippen LogP contribution is 2.13. The van der Waals surface area contributed by atoms with Gasteiger partial charge in [-0.05, 0) is 89.9 Å². The second-order valence-electron chi connectivity index (χ2n) is 14.2. The van der Waals surface area contributed by atoms with Gasteiger partial charge < -0.3 is 14.2 Å². The van der Waals surface area contributed by atoms with Crippen LogP contribution >= 0.6 is 0 Å². The molecule has 0 spiro atoms. The molecule has 6 nitrogen and oxygen atoms in total. The zero-order valence-corrected chi connectivity index (χ0v) is 34.1. The molecular formula is C46H80O6. The molecule has 300 valence electrons. The molecule has 0 aromatic carbocycles. The highest BCUT2D eigenvalue weighted by molar-refractivity contribution is 5.71. The monoisotopic (exact) mass is 729 g/mol. The summed E-state index contributed by atoms with van der Waals surface area (Å²) in [6.07, 6.45) is 46.6. The minimum Gasteiger partial charge on any atom is -0.462 e. The lowest BCUT2D eigenvalue weighted by molar-refractivity contribution is -0.167. The van der Waals surface area contributed by atoms with Crippen LogP contribution in [0.4, 0.5) is 0 Å². The number of ether oxygens (including phenoxy) is 3. The first kappa shape index (κ1) is 49.4. The van der Waals surface area contributed by atoms with Crippen molar-refractivity contribution in [2.45, 2.75) is 213 Å². The zero-order chi connectivity index (χ0) is 38.0. The van der Waals surface area contributed by atoms with Crippen LogP contribution in [0.25, 0.3) is 0 Å². The van der Waals surface area contributed by atoms with Crippen LogP contribution in [0.15, 0.2) is 48.6 Å². The fourth-order valence-corrected chi connectivity index (χ4v) is 5.75. The number of hydrogen-bond acceptors (Lipinski definition) is 6. The van der Waals surface area contributed by atoms with E-state index in [1.807, 2.05) is 0 Å². The molecule has 0 heterocycles. The first-order valence-electron chi connectivity index (χ1n) is 21.6. The number of rotatable bonds is 38. The fraction of sp³-hybridized carbons (Fsp3) is 0.761. The van der Waals surface area contributed by atoms with Crippen LogP contribution in [0.2, 0.25) is 0 Å². The van der Waals surface area contributed by atoms with Crippen molar-refractivity contribution in [3.8, 4) is 0 Å². The molecule has 0 aliphatic carbocycles. The molecule has 0 bridgehead atoms. The van der Waals surface area contributed by atoms with E-state index in [1.54, 1.807) is 0 Å². The van der Waals surface area contributed by atoms with Crippen LogP contribution in [0.1, 0.15) is 207 Å². The quantitative estimate of drug-likeness (QED) is 0.0272. The second-order valence-corrected chi connectivity index (χ2v) is 14.2. The molecule has 0 aromatic rings. The van der Waals surface area contributed by atoms with E-state index < -0.39 is 6.10 Å². The Bertz CT molecular complexity index is 933. The van der Waals surface area contributed by atoms with Crippen molar-refractivity contribution in [1.29, 1.82) is 0 Å². The fourth-order valence-electron chi connectivity index (χ4n) is 5.75. The summed E-state index contributed by atoms with van der Waals surface area (Å²) in [7, 11) is 0. The van der Waals surface area contributed by atoms with Crippen molar-refractivity contribution in [1.82, 2.24) is 0 Å². The van der Waals surface area contributed by atoms with Crippen molar-refractivity contribution < 1.29 is 28.6 Å². The maximum atomic E-state index is 12.7. The van der Waals surface area contributed by atoms with Crippen molar-refractivity contribution in [2.24, 2.45) is 0 Å². The molecule has 0 N–H and O–H groups in total. The number of unbranched alkanes of at least 4 members (excludes halogenated alkanes) is 19. The second kappa shape index (κ2) is 41.1. The minimum atomic E-state index is -0.783. The average Bonchev–Trinajstić information content (AvgIpc) is 3.14. The molecule has 1 unspecified atom stereocenters. The summed E-state index contributed by atoms with van der Waals surface area (Å²) in [6, 6.07) is 0. The van der Waals surface area contributed by atoms with Crippen LogP contribution in [-0.2, 0) is 28.6 Å². The van der Waals surface area contributed by atoms with Gasteiger partial charge in [0.25, 0.3) is 0 Å². The average molecular weight is 729 g/mol. The van der Waals surface area contributed by atoms with Crippen molar-refractivity contribution in [3.63, 3.8) is 0 Å². The van der Waals surface area contributed by atoms with E-state index in [2.05, 4.69) is 69.4 Å². The Morgan fingerprint density at radius 2 is 0.769 bits per heavy atom. The number of carbonyl (C=O) groups excluding carboxylic acids is 3. The number of hydrogen-bond donors (Lipinski definition) is 0. The Labute approximate surface area is 320 Å². The number of carbonyl (C=O) groups is 3. The lowest BCUT2D eigenvalue weighted by Gasteiger charge is -2.18. The third kappa shape index (κ3) is 38.6. The van der Waals surface area contributed by atoms with E-state index in [9.17, 15) is 14.4 Å². The number of allylic oxidation sites excluding steroid dienone is 8. The van der Waals surface area contributed by atoms with E-state index in [4.69, 9.17) is 14.2 Å². The van der Waals surface area contributed by atoms with Gasteiger partial charge in [0.2, 0.25) is 0 Å². The summed E-state index contributed by atoms with van der Waals surface area (Å²) in [4.78, 5) is 37.6. The molecule has 6 heteroatoms. The van der Waals surface area contributed by atoms with Gasteiger partial charge in [-0.2, -0.15) is 0 Å². The molecule has 0 amide bonds. The van der Waals surface area contributed by atoms with Crippen molar-refractivity contribution in [2.75, 3.05) is 13.2 Å². The Morgan fingerprint density at radius 3 is 1.23 bits per heavy atom. The van der Waals surface area contributed by atoms with E-state index in [-0.39, 0.29) is 31.1 Å². The highest BCUT2D eigenvalue weighted by Gasteiger charge is 2.19. The topological polar surface area (TPSA) is 78.9 Å². The van der Waals surface area contributed by atoms with E-state index >= 15 is 0 Å². The van der Waals surface area contributed by atoms with Gasteiger partial charge in [-0.25, -0.2) is 0 Å². The van der Waals surface area contributed by atoms with E-state index in [0.29, 0.717) is 19.3 Å². The predicted octanol–water partition coefficient (Wildman–Crippen LogP) is 13.6. The number of esters is 3. The zero-order valence-electron chi connectivity index (χ0n) is 34.1. The van der Waals surface area contributed by atoms with Gasteiger partial charge in [0.15, 0.2) is 6.10 Å². The Kier molecular flexibility index (Phi) is 39.1.